The summed E-state index contributed by atoms with van der Waals surface area (Å²) in [6.07, 6.45) is 6.99. The molecule has 2 fully saturated rings. The Bertz CT molecular complexity index is 1170. The van der Waals surface area contributed by atoms with Crippen molar-refractivity contribution in [2.45, 2.75) is 84.0 Å². The minimum absolute atomic E-state index is 0.00703. The molecule has 0 bridgehead atoms. The summed E-state index contributed by atoms with van der Waals surface area (Å²) in [7, 11) is 0. The molecule has 0 radical (unpaired) electrons. The molecule has 3 aromatic rings. The number of benzene rings is 1. The third-order valence-electron chi connectivity index (χ3n) is 7.39. The molecule has 1 saturated heterocycles. The molecule has 0 amide bonds. The summed E-state index contributed by atoms with van der Waals surface area (Å²) in [5, 5.41) is 14.1. The largest absolute Gasteiger partial charge is 0.377 e. The SMILES string of the molecule is Cc1ccc2[nH]c(=O)c(CN(C[C@@H]3CCCO3)[C@H](c3nnnn3C3CCCC3)C(C)C)cc2c1. The van der Waals surface area contributed by atoms with Gasteiger partial charge in [0.25, 0.3) is 5.56 Å². The molecule has 8 nitrogen and oxygen atoms in total. The van der Waals surface area contributed by atoms with E-state index >= 15 is 0 Å². The first kappa shape index (κ1) is 23.2. The molecule has 8 heteroatoms. The molecule has 1 aliphatic heterocycles. The number of H-pyrrole nitrogens is 1. The number of aryl methyl sites for hydroxylation is 1. The Labute approximate surface area is 200 Å². The Morgan fingerprint density at radius 1 is 1.18 bits per heavy atom. The third kappa shape index (κ3) is 4.79. The normalized spacial score (nSPS) is 20.2. The topological polar surface area (TPSA) is 88.9 Å². The zero-order valence-corrected chi connectivity index (χ0v) is 20.5. The van der Waals surface area contributed by atoms with Crippen LogP contribution in [0.3, 0.4) is 0 Å². The molecular formula is C26H36N6O2. The van der Waals surface area contributed by atoms with Crippen molar-refractivity contribution in [3.8, 4) is 0 Å². The number of nitrogens with zero attached hydrogens (tertiary/aromatic N) is 5. The number of hydrogen-bond acceptors (Lipinski definition) is 6. The number of pyridine rings is 1. The van der Waals surface area contributed by atoms with Gasteiger partial charge in [-0.15, -0.1) is 5.10 Å². The Balaban J connectivity index is 1.52. The second-order valence-electron chi connectivity index (χ2n) is 10.4. The number of hydrogen-bond donors (Lipinski definition) is 1. The molecule has 1 aliphatic carbocycles. The Hall–Kier alpha value is -2.58. The number of aromatic nitrogens is 5. The standard InChI is InChI=1S/C26H36N6O2/c1-17(2)24(25-28-29-30-32(25)21-7-4-5-8-21)31(16-22-9-6-12-34-22)15-20-14-19-13-18(3)10-11-23(19)27-26(20)33/h10-11,13-14,17,21-22,24H,4-9,12,15-16H2,1-3H3,(H,27,33)/t22-,24-/m0/s1. The number of nitrogens with one attached hydrogen (secondary N) is 1. The molecule has 34 heavy (non-hydrogen) atoms. The van der Waals surface area contributed by atoms with E-state index in [9.17, 15) is 4.79 Å². The van der Waals surface area contributed by atoms with Crippen molar-refractivity contribution >= 4 is 10.9 Å². The first-order chi connectivity index (χ1) is 16.5. The van der Waals surface area contributed by atoms with Gasteiger partial charge in [0.15, 0.2) is 5.82 Å². The molecular weight excluding hydrogens is 428 g/mol. The van der Waals surface area contributed by atoms with Crippen molar-refractivity contribution in [2.24, 2.45) is 5.92 Å². The summed E-state index contributed by atoms with van der Waals surface area (Å²) >= 11 is 0. The van der Waals surface area contributed by atoms with Crippen LogP contribution in [0.25, 0.3) is 10.9 Å². The highest BCUT2D eigenvalue weighted by Gasteiger charge is 2.34. The van der Waals surface area contributed by atoms with Crippen LogP contribution in [-0.4, -0.2) is 49.3 Å². The summed E-state index contributed by atoms with van der Waals surface area (Å²) in [4.78, 5) is 18.6. The predicted octanol–water partition coefficient (Wildman–Crippen LogP) is 4.32. The first-order valence-electron chi connectivity index (χ1n) is 12.8. The second-order valence-corrected chi connectivity index (χ2v) is 10.4. The van der Waals surface area contributed by atoms with Gasteiger partial charge in [0, 0.05) is 30.8 Å². The van der Waals surface area contributed by atoms with Crippen LogP contribution in [0.15, 0.2) is 29.1 Å². The Morgan fingerprint density at radius 2 is 2.00 bits per heavy atom. The summed E-state index contributed by atoms with van der Waals surface area (Å²) in [6.45, 7) is 8.60. The van der Waals surface area contributed by atoms with Crippen molar-refractivity contribution in [3.63, 3.8) is 0 Å². The summed E-state index contributed by atoms with van der Waals surface area (Å²) < 4.78 is 8.09. The summed E-state index contributed by atoms with van der Waals surface area (Å²) in [6, 6.07) is 8.53. The van der Waals surface area contributed by atoms with E-state index in [-0.39, 0.29) is 23.6 Å². The average molecular weight is 465 g/mol. The second kappa shape index (κ2) is 9.96. The smallest absolute Gasteiger partial charge is 0.252 e. The van der Waals surface area contributed by atoms with Gasteiger partial charge in [-0.3, -0.25) is 9.69 Å². The minimum atomic E-state index is -0.0356. The van der Waals surface area contributed by atoms with E-state index in [0.717, 1.165) is 61.1 Å². The molecule has 182 valence electrons. The van der Waals surface area contributed by atoms with Gasteiger partial charge < -0.3 is 9.72 Å². The van der Waals surface area contributed by atoms with Crippen LogP contribution >= 0.6 is 0 Å². The van der Waals surface area contributed by atoms with Crippen LogP contribution in [0.1, 0.15) is 81.4 Å². The molecule has 2 atom stereocenters. The van der Waals surface area contributed by atoms with E-state index in [2.05, 4.69) is 56.9 Å². The summed E-state index contributed by atoms with van der Waals surface area (Å²) in [5.74, 6) is 1.18. The lowest BCUT2D eigenvalue weighted by atomic mass is 9.99. The van der Waals surface area contributed by atoms with Gasteiger partial charge >= 0.3 is 0 Å². The number of ether oxygens (including phenoxy) is 1. The van der Waals surface area contributed by atoms with Gasteiger partial charge in [-0.2, -0.15) is 0 Å². The maximum Gasteiger partial charge on any atom is 0.252 e. The lowest BCUT2D eigenvalue weighted by Gasteiger charge is -2.35. The van der Waals surface area contributed by atoms with E-state index in [1.165, 1.54) is 18.4 Å². The fourth-order valence-electron chi connectivity index (χ4n) is 5.72. The highest BCUT2D eigenvalue weighted by molar-refractivity contribution is 5.79. The molecule has 1 aromatic carbocycles. The molecule has 0 unspecified atom stereocenters. The highest BCUT2D eigenvalue weighted by Crippen LogP contribution is 2.35. The van der Waals surface area contributed by atoms with Gasteiger partial charge in [0.1, 0.15) is 0 Å². The molecule has 0 spiro atoms. The van der Waals surface area contributed by atoms with Crippen LogP contribution in [-0.2, 0) is 11.3 Å². The van der Waals surface area contributed by atoms with Crippen LogP contribution in [0.2, 0.25) is 0 Å². The van der Waals surface area contributed by atoms with Crippen LogP contribution < -0.4 is 5.56 Å². The van der Waals surface area contributed by atoms with Crippen LogP contribution in [0, 0.1) is 12.8 Å². The maximum atomic E-state index is 13.1. The summed E-state index contributed by atoms with van der Waals surface area (Å²) in [5.41, 5.74) is 2.78. The molecule has 1 N–H and O–H groups in total. The van der Waals surface area contributed by atoms with Crippen molar-refractivity contribution in [1.82, 2.24) is 30.1 Å². The van der Waals surface area contributed by atoms with Crippen molar-refractivity contribution in [3.05, 3.63) is 51.6 Å². The zero-order chi connectivity index (χ0) is 23.7. The molecule has 3 heterocycles. The van der Waals surface area contributed by atoms with E-state index in [4.69, 9.17) is 4.74 Å². The lowest BCUT2D eigenvalue weighted by molar-refractivity contribution is 0.0379. The Kier molecular flexibility index (Phi) is 6.79. The number of tetrazole rings is 1. The lowest BCUT2D eigenvalue weighted by Crippen LogP contribution is -2.40. The number of rotatable bonds is 8. The predicted molar refractivity (Wildman–Crippen MR) is 132 cm³/mol. The zero-order valence-electron chi connectivity index (χ0n) is 20.5. The van der Waals surface area contributed by atoms with E-state index < -0.39 is 0 Å². The molecule has 1 saturated carbocycles. The third-order valence-corrected chi connectivity index (χ3v) is 7.39. The quantitative estimate of drug-likeness (QED) is 0.534. The molecule has 5 rings (SSSR count). The van der Waals surface area contributed by atoms with Crippen molar-refractivity contribution < 1.29 is 4.74 Å². The minimum Gasteiger partial charge on any atom is -0.377 e. The fraction of sp³-hybridized carbons (Fsp3) is 0.615. The van der Waals surface area contributed by atoms with E-state index in [1.807, 2.05) is 18.2 Å². The Morgan fingerprint density at radius 3 is 2.74 bits per heavy atom. The van der Waals surface area contributed by atoms with Gasteiger partial charge in [-0.25, -0.2) is 4.68 Å². The fourth-order valence-corrected chi connectivity index (χ4v) is 5.72. The van der Waals surface area contributed by atoms with E-state index in [0.29, 0.717) is 12.6 Å². The highest BCUT2D eigenvalue weighted by atomic mass is 16.5. The van der Waals surface area contributed by atoms with Gasteiger partial charge in [0.05, 0.1) is 18.2 Å². The van der Waals surface area contributed by atoms with Crippen LogP contribution in [0.4, 0.5) is 0 Å². The first-order valence-corrected chi connectivity index (χ1v) is 12.8. The molecule has 2 aliphatic rings. The van der Waals surface area contributed by atoms with Gasteiger partial charge in [-0.1, -0.05) is 38.3 Å². The van der Waals surface area contributed by atoms with Crippen LogP contribution in [0.5, 0.6) is 0 Å². The number of aromatic amines is 1. The molecule has 2 aromatic heterocycles. The number of fused-ring (bicyclic) bond motifs is 1. The van der Waals surface area contributed by atoms with Gasteiger partial charge in [-0.05, 0) is 72.5 Å². The maximum absolute atomic E-state index is 13.1. The van der Waals surface area contributed by atoms with Crippen molar-refractivity contribution in [1.29, 1.82) is 0 Å². The average Bonchev–Trinajstić information content (AvgIpc) is 3.57. The van der Waals surface area contributed by atoms with Gasteiger partial charge in [0.2, 0.25) is 0 Å². The van der Waals surface area contributed by atoms with E-state index in [1.54, 1.807) is 0 Å². The van der Waals surface area contributed by atoms with Crippen molar-refractivity contribution in [2.75, 3.05) is 13.2 Å². The monoisotopic (exact) mass is 464 g/mol.